The van der Waals surface area contributed by atoms with Gasteiger partial charge in [0.25, 0.3) is 0 Å². The van der Waals surface area contributed by atoms with E-state index in [2.05, 4.69) is 47.2 Å². The first-order valence-electron chi connectivity index (χ1n) is 24.8. The molecule has 1 aliphatic rings. The van der Waals surface area contributed by atoms with Crippen molar-refractivity contribution in [2.24, 2.45) is 56.2 Å². The lowest BCUT2D eigenvalue weighted by molar-refractivity contribution is -0.144. The summed E-state index contributed by atoms with van der Waals surface area (Å²) in [6.45, 7) is 5.94. The van der Waals surface area contributed by atoms with Gasteiger partial charge in [-0.2, -0.15) is 0 Å². The van der Waals surface area contributed by atoms with Gasteiger partial charge in [-0.15, -0.1) is 0 Å². The second kappa shape index (κ2) is 32.3. The van der Waals surface area contributed by atoms with Crippen LogP contribution in [-0.2, 0) is 59.2 Å². The van der Waals surface area contributed by atoms with Crippen molar-refractivity contribution in [1.29, 1.82) is 0 Å². The number of carboxylic acid groups (broad SMARTS) is 2. The van der Waals surface area contributed by atoms with E-state index in [1.165, 1.54) is 4.90 Å². The molecule has 0 aliphatic carbocycles. The Labute approximate surface area is 439 Å². The predicted molar refractivity (Wildman–Crippen MR) is 275 cm³/mol. The number of carboxylic acids is 2. The number of carbonyl (C=O) groups excluding carboxylic acids is 9. The van der Waals surface area contributed by atoms with Crippen molar-refractivity contribution in [3.63, 3.8) is 0 Å². The largest absolute Gasteiger partial charge is 0.481 e. The summed E-state index contributed by atoms with van der Waals surface area (Å²) in [6, 6.07) is -2.29. The van der Waals surface area contributed by atoms with Gasteiger partial charge in [-0.3, -0.25) is 57.9 Å². The van der Waals surface area contributed by atoms with Crippen LogP contribution >= 0.6 is 0 Å². The molecule has 1 aromatic rings. The maximum Gasteiger partial charge on any atom is 0.326 e. The summed E-state index contributed by atoms with van der Waals surface area (Å²) in [7, 11) is 0. The second-order valence-corrected chi connectivity index (χ2v) is 18.6. The molecule has 9 amide bonds. The summed E-state index contributed by atoms with van der Waals surface area (Å²) in [5, 5.41) is 36.3. The van der Waals surface area contributed by atoms with Crippen LogP contribution in [0, 0.1) is 11.8 Å². The van der Waals surface area contributed by atoms with Crippen LogP contribution in [0.15, 0.2) is 40.3 Å². The Balaban J connectivity index is 2.23. The van der Waals surface area contributed by atoms with Gasteiger partial charge in [0.1, 0.15) is 42.3 Å². The summed E-state index contributed by atoms with van der Waals surface area (Å²) in [4.78, 5) is 154. The van der Waals surface area contributed by atoms with E-state index in [0.29, 0.717) is 24.8 Å². The third kappa shape index (κ3) is 22.6. The third-order valence-electron chi connectivity index (χ3n) is 12.1. The number of aliphatic imine (C=N–C) groups is 2. The van der Waals surface area contributed by atoms with Crippen LogP contribution in [0.3, 0.4) is 0 Å². The molecular formula is C47H76N16O13. The van der Waals surface area contributed by atoms with Gasteiger partial charge in [0, 0.05) is 26.1 Å². The highest BCUT2D eigenvalue weighted by Crippen LogP contribution is 2.21. The fourth-order valence-corrected chi connectivity index (χ4v) is 7.82. The van der Waals surface area contributed by atoms with Gasteiger partial charge in [-0.1, -0.05) is 64.4 Å². The van der Waals surface area contributed by atoms with Crippen molar-refractivity contribution in [2.45, 2.75) is 140 Å². The fourth-order valence-electron chi connectivity index (χ4n) is 7.82. The van der Waals surface area contributed by atoms with Crippen molar-refractivity contribution in [3.05, 3.63) is 35.9 Å². The molecule has 0 radical (unpaired) electrons. The first-order valence-corrected chi connectivity index (χ1v) is 24.8. The number of hydrogen-bond acceptors (Lipinski definition) is 14. The highest BCUT2D eigenvalue weighted by molar-refractivity contribution is 5.99. The average Bonchev–Trinajstić information content (AvgIpc) is 3.85. The minimum atomic E-state index is -1.82. The van der Waals surface area contributed by atoms with Crippen molar-refractivity contribution < 1.29 is 63.0 Å². The van der Waals surface area contributed by atoms with Gasteiger partial charge in [-0.25, -0.2) is 4.79 Å². The van der Waals surface area contributed by atoms with Crippen LogP contribution in [0.25, 0.3) is 0 Å². The Bertz CT molecular complexity index is 2260. The summed E-state index contributed by atoms with van der Waals surface area (Å²) < 4.78 is 0. The molecule has 9 unspecified atom stereocenters. The van der Waals surface area contributed by atoms with Crippen LogP contribution < -0.4 is 71.6 Å². The van der Waals surface area contributed by atoms with Crippen molar-refractivity contribution in [1.82, 2.24) is 42.1 Å². The number of amides is 9. The highest BCUT2D eigenvalue weighted by atomic mass is 16.4. The smallest absolute Gasteiger partial charge is 0.326 e. The van der Waals surface area contributed by atoms with Gasteiger partial charge in [-0.05, 0) is 55.9 Å². The number of nitrogens with two attached hydrogens (primary N) is 6. The summed E-state index contributed by atoms with van der Waals surface area (Å²) in [5.41, 5.74) is 33.6. The molecule has 0 spiro atoms. The number of rotatable bonds is 33. The SMILES string of the molecule is CCC(C)C(NC(=O)C(CCCN=C(N)N)NC(=O)C(CC(N)=O)NC(=O)CNC(=O)C(CC(=O)O)NC(=O)C1CCCN1C(=O)C(NC(=O)C(Cc1ccccc1)NC(=O)C(N)CCCN=C(N)N)C(C)C)C(=O)O. The molecule has 21 N–H and O–H groups in total. The van der Waals surface area contributed by atoms with E-state index >= 15 is 0 Å². The predicted octanol–water partition coefficient (Wildman–Crippen LogP) is -5.18. The van der Waals surface area contributed by atoms with E-state index in [0.717, 1.165) is 0 Å². The Kier molecular flexibility index (Phi) is 27.2. The molecule has 29 heteroatoms. The lowest BCUT2D eigenvalue weighted by Crippen LogP contribution is -2.60. The molecule has 9 atom stereocenters. The van der Waals surface area contributed by atoms with Crippen molar-refractivity contribution in [2.75, 3.05) is 26.2 Å². The number of primary amides is 1. The van der Waals surface area contributed by atoms with Crippen LogP contribution in [0.2, 0.25) is 0 Å². The molecule has 1 fully saturated rings. The summed E-state index contributed by atoms with van der Waals surface area (Å²) in [6.07, 6.45) is -0.494. The van der Waals surface area contributed by atoms with E-state index < -0.39 is 145 Å². The average molecular weight is 1070 g/mol. The zero-order valence-corrected chi connectivity index (χ0v) is 43.3. The molecule has 0 aromatic heterocycles. The fraction of sp³-hybridized carbons (Fsp3) is 0.596. The van der Waals surface area contributed by atoms with E-state index in [1.807, 2.05) is 0 Å². The van der Waals surface area contributed by atoms with Gasteiger partial charge in [0.05, 0.1) is 25.4 Å². The Morgan fingerprint density at radius 1 is 0.671 bits per heavy atom. The second-order valence-electron chi connectivity index (χ2n) is 18.6. The molecule has 1 heterocycles. The van der Waals surface area contributed by atoms with Crippen LogP contribution in [0.1, 0.15) is 91.0 Å². The standard InChI is InChI=1S/C47H76N16O13/c1-5-25(4)37(45(75)76)62-40(70)28(15-10-18-55-47(52)53)58-41(71)30(21-33(49)64)57-34(65)23-56-39(69)31(22-35(66)67)60-43(73)32-16-11-19-63(32)44(74)36(24(2)3)61-42(72)29(20-26-12-7-6-8-13-26)59-38(68)27(48)14-9-17-54-46(50)51/h6-8,12-13,24-25,27-32,36-37H,5,9-11,14-23,48H2,1-4H3,(H2,49,64)(H,56,69)(H,57,65)(H,58,71)(H,59,68)(H,60,73)(H,61,72)(H,62,70)(H,66,67)(H,75,76)(H4,50,51,54)(H4,52,53,55). The maximum absolute atomic E-state index is 14.3. The van der Waals surface area contributed by atoms with E-state index in [-0.39, 0.29) is 63.7 Å². The molecule has 0 saturated carbocycles. The molecule has 1 aromatic carbocycles. The number of hydrogen-bond donors (Lipinski definition) is 15. The molecular weight excluding hydrogens is 997 g/mol. The van der Waals surface area contributed by atoms with Crippen LogP contribution in [0.5, 0.6) is 0 Å². The molecule has 1 saturated heterocycles. The normalized spacial score (nSPS) is 16.1. The zero-order valence-electron chi connectivity index (χ0n) is 43.3. The molecule has 0 bridgehead atoms. The first kappa shape index (κ1) is 64.0. The lowest BCUT2D eigenvalue weighted by atomic mass is 9.98. The van der Waals surface area contributed by atoms with E-state index in [1.54, 1.807) is 58.0 Å². The zero-order chi connectivity index (χ0) is 57.2. The number of likely N-dealkylation sites (tertiary alicyclic amines) is 1. The van der Waals surface area contributed by atoms with E-state index in [9.17, 15) is 63.0 Å². The van der Waals surface area contributed by atoms with E-state index in [4.69, 9.17) is 34.4 Å². The van der Waals surface area contributed by atoms with Gasteiger partial charge >= 0.3 is 11.9 Å². The minimum Gasteiger partial charge on any atom is -0.481 e. The number of nitrogens with zero attached hydrogens (tertiary/aromatic N) is 3. The molecule has 76 heavy (non-hydrogen) atoms. The van der Waals surface area contributed by atoms with Gasteiger partial charge < -0.3 is 86.7 Å². The summed E-state index contributed by atoms with van der Waals surface area (Å²) >= 11 is 0. The highest BCUT2D eigenvalue weighted by Gasteiger charge is 2.41. The lowest BCUT2D eigenvalue weighted by Gasteiger charge is -2.32. The first-order chi connectivity index (χ1) is 35.7. The van der Waals surface area contributed by atoms with Crippen LogP contribution in [0.4, 0.5) is 0 Å². The molecule has 422 valence electrons. The topological polar surface area (TPSA) is 497 Å². The quantitative estimate of drug-likeness (QED) is 0.0178. The van der Waals surface area contributed by atoms with Crippen molar-refractivity contribution >= 4 is 77.0 Å². The number of benzene rings is 1. The Morgan fingerprint density at radius 3 is 1.78 bits per heavy atom. The maximum atomic E-state index is 14.3. The summed E-state index contributed by atoms with van der Waals surface area (Å²) in [5.74, 6) is -12.7. The molecule has 29 nitrogen and oxygen atoms in total. The molecule has 1 aliphatic heterocycles. The minimum absolute atomic E-state index is 0.0119. The van der Waals surface area contributed by atoms with Crippen LogP contribution in [-0.4, -0.2) is 167 Å². The van der Waals surface area contributed by atoms with Gasteiger partial charge in [0.15, 0.2) is 11.9 Å². The Hall–Kier alpha value is -8.11. The number of nitrogens with one attached hydrogen (secondary N) is 7. The Morgan fingerprint density at radius 2 is 1.22 bits per heavy atom. The number of carbonyl (C=O) groups is 11. The van der Waals surface area contributed by atoms with Gasteiger partial charge in [0.2, 0.25) is 53.2 Å². The number of guanidine groups is 2. The number of aliphatic carboxylic acids is 2. The monoisotopic (exact) mass is 1070 g/mol. The molecule has 2 rings (SSSR count). The van der Waals surface area contributed by atoms with Crippen molar-refractivity contribution in [3.8, 4) is 0 Å². The third-order valence-corrected chi connectivity index (χ3v) is 12.1.